The van der Waals surface area contributed by atoms with Gasteiger partial charge in [0.1, 0.15) is 5.75 Å². The number of benzene rings is 1. The van der Waals surface area contributed by atoms with Crippen LogP contribution in [0.25, 0.3) is 11.3 Å². The molecule has 16 heavy (non-hydrogen) atoms. The number of imidazole rings is 1. The van der Waals surface area contributed by atoms with E-state index in [0.29, 0.717) is 11.6 Å². The summed E-state index contributed by atoms with van der Waals surface area (Å²) in [5.41, 5.74) is 8.11. The lowest BCUT2D eigenvalue weighted by molar-refractivity contribution is 0.415. The molecule has 0 aliphatic carbocycles. The highest BCUT2D eigenvalue weighted by molar-refractivity contribution is 6.33. The molecule has 84 valence electrons. The highest BCUT2D eigenvalue weighted by Gasteiger charge is 2.11. The van der Waals surface area contributed by atoms with Crippen LogP contribution in [0.2, 0.25) is 5.02 Å². The first-order chi connectivity index (χ1) is 7.76. The molecule has 0 saturated carbocycles. The molecule has 0 bridgehead atoms. The summed E-state index contributed by atoms with van der Waals surface area (Å²) in [5, 5.41) is 0.598. The zero-order valence-corrected chi connectivity index (χ0v) is 9.58. The number of nitrogens with two attached hydrogens (primary N) is 1. The third kappa shape index (κ3) is 1.89. The summed E-state index contributed by atoms with van der Waals surface area (Å²) in [4.78, 5) is 7.20. The molecule has 0 spiro atoms. The van der Waals surface area contributed by atoms with Gasteiger partial charge in [0.25, 0.3) is 0 Å². The van der Waals surface area contributed by atoms with Crippen molar-refractivity contribution in [3.05, 3.63) is 35.2 Å². The van der Waals surface area contributed by atoms with Crippen LogP contribution >= 0.6 is 11.6 Å². The molecule has 4 nitrogen and oxygen atoms in total. The fourth-order valence-corrected chi connectivity index (χ4v) is 1.78. The molecule has 1 aromatic carbocycles. The van der Waals surface area contributed by atoms with Gasteiger partial charge in [-0.25, -0.2) is 4.98 Å². The summed E-state index contributed by atoms with van der Waals surface area (Å²) in [5.74, 6) is 0.721. The summed E-state index contributed by atoms with van der Waals surface area (Å²) in [6.07, 6.45) is 1.61. The molecule has 0 atom stereocenters. The molecule has 0 saturated heterocycles. The molecule has 2 aromatic rings. The molecule has 2 rings (SSSR count). The van der Waals surface area contributed by atoms with E-state index in [9.17, 15) is 0 Å². The predicted molar refractivity (Wildman–Crippen MR) is 63.5 cm³/mol. The Labute approximate surface area is 98.4 Å². The van der Waals surface area contributed by atoms with Crippen LogP contribution in [0.4, 0.5) is 0 Å². The number of H-pyrrole nitrogens is 1. The Bertz CT molecular complexity index is 496. The standard InChI is InChI=1S/C11H12ClN3O/c1-16-7-2-3-8(9(12)4-7)11-10(5-13)14-6-15-11/h2-4,6H,5,13H2,1H3,(H,14,15). The molecule has 1 aromatic heterocycles. The van der Waals surface area contributed by atoms with Gasteiger partial charge in [-0.1, -0.05) is 11.6 Å². The Morgan fingerprint density at radius 3 is 2.94 bits per heavy atom. The lowest BCUT2D eigenvalue weighted by Crippen LogP contribution is -1.98. The van der Waals surface area contributed by atoms with Crippen molar-refractivity contribution < 1.29 is 4.74 Å². The van der Waals surface area contributed by atoms with Crippen molar-refractivity contribution in [3.63, 3.8) is 0 Å². The van der Waals surface area contributed by atoms with Crippen molar-refractivity contribution in [1.82, 2.24) is 9.97 Å². The normalized spacial score (nSPS) is 10.4. The topological polar surface area (TPSA) is 63.9 Å². The number of methoxy groups -OCH3 is 1. The average molecular weight is 238 g/mol. The SMILES string of the molecule is COc1ccc(-c2nc[nH]c2CN)c(Cl)c1. The molecule has 0 aliphatic heterocycles. The van der Waals surface area contributed by atoms with E-state index in [1.54, 1.807) is 19.5 Å². The molecule has 0 fully saturated rings. The van der Waals surface area contributed by atoms with Crippen molar-refractivity contribution in [1.29, 1.82) is 0 Å². The van der Waals surface area contributed by atoms with Crippen LogP contribution in [0.3, 0.4) is 0 Å². The summed E-state index contributed by atoms with van der Waals surface area (Å²) >= 11 is 6.15. The lowest BCUT2D eigenvalue weighted by atomic mass is 10.1. The van der Waals surface area contributed by atoms with Gasteiger partial charge in [0, 0.05) is 12.1 Å². The van der Waals surface area contributed by atoms with Crippen molar-refractivity contribution in [3.8, 4) is 17.0 Å². The average Bonchev–Trinajstić information content (AvgIpc) is 2.76. The highest BCUT2D eigenvalue weighted by atomic mass is 35.5. The second-order valence-electron chi connectivity index (χ2n) is 3.28. The van der Waals surface area contributed by atoms with Gasteiger partial charge >= 0.3 is 0 Å². The van der Waals surface area contributed by atoms with Crippen molar-refractivity contribution in [2.45, 2.75) is 6.54 Å². The van der Waals surface area contributed by atoms with Gasteiger partial charge in [-0.05, 0) is 18.2 Å². The number of hydrogen-bond acceptors (Lipinski definition) is 3. The minimum absolute atomic E-state index is 0.400. The summed E-state index contributed by atoms with van der Waals surface area (Å²) in [6.45, 7) is 0.400. The Morgan fingerprint density at radius 2 is 2.31 bits per heavy atom. The van der Waals surface area contributed by atoms with E-state index in [1.807, 2.05) is 12.1 Å². The van der Waals surface area contributed by atoms with Gasteiger partial charge in [0.05, 0.1) is 29.8 Å². The van der Waals surface area contributed by atoms with Gasteiger partial charge < -0.3 is 15.5 Å². The van der Waals surface area contributed by atoms with Crippen molar-refractivity contribution in [2.75, 3.05) is 7.11 Å². The maximum Gasteiger partial charge on any atom is 0.120 e. The molecular formula is C11H12ClN3O. The van der Waals surface area contributed by atoms with Crippen molar-refractivity contribution in [2.24, 2.45) is 5.73 Å². The van der Waals surface area contributed by atoms with Gasteiger partial charge in [0.15, 0.2) is 0 Å². The number of nitrogens with zero attached hydrogens (tertiary/aromatic N) is 1. The largest absolute Gasteiger partial charge is 0.497 e. The fraction of sp³-hybridized carbons (Fsp3) is 0.182. The summed E-state index contributed by atoms with van der Waals surface area (Å²) in [7, 11) is 1.60. The van der Waals surface area contributed by atoms with E-state index in [4.69, 9.17) is 22.1 Å². The maximum atomic E-state index is 6.15. The predicted octanol–water partition coefficient (Wildman–Crippen LogP) is 2.20. The molecule has 3 N–H and O–H groups in total. The second-order valence-corrected chi connectivity index (χ2v) is 3.69. The zero-order valence-electron chi connectivity index (χ0n) is 8.83. The van der Waals surface area contributed by atoms with Crippen LogP contribution < -0.4 is 10.5 Å². The second kappa shape index (κ2) is 4.55. The number of aromatic nitrogens is 2. The number of aromatic amines is 1. The summed E-state index contributed by atoms with van der Waals surface area (Å²) < 4.78 is 5.09. The summed E-state index contributed by atoms with van der Waals surface area (Å²) in [6, 6.07) is 5.47. The number of hydrogen-bond donors (Lipinski definition) is 2. The van der Waals surface area contributed by atoms with Gasteiger partial charge in [-0.15, -0.1) is 0 Å². The minimum atomic E-state index is 0.400. The van der Waals surface area contributed by atoms with Gasteiger partial charge in [0.2, 0.25) is 0 Å². The van der Waals surface area contributed by atoms with Gasteiger partial charge in [-0.2, -0.15) is 0 Å². The number of nitrogens with one attached hydrogen (secondary N) is 1. The lowest BCUT2D eigenvalue weighted by Gasteiger charge is -2.05. The molecule has 5 heteroatoms. The van der Waals surface area contributed by atoms with Crippen LogP contribution in [0.15, 0.2) is 24.5 Å². The van der Waals surface area contributed by atoms with E-state index >= 15 is 0 Å². The molecular weight excluding hydrogens is 226 g/mol. The Kier molecular flexibility index (Phi) is 3.12. The van der Waals surface area contributed by atoms with E-state index in [-0.39, 0.29) is 0 Å². The van der Waals surface area contributed by atoms with Crippen LogP contribution in [0.5, 0.6) is 5.75 Å². The third-order valence-electron chi connectivity index (χ3n) is 2.35. The smallest absolute Gasteiger partial charge is 0.120 e. The maximum absolute atomic E-state index is 6.15. The third-order valence-corrected chi connectivity index (χ3v) is 2.67. The zero-order chi connectivity index (χ0) is 11.5. The van der Waals surface area contributed by atoms with Gasteiger partial charge in [-0.3, -0.25) is 0 Å². The number of rotatable bonds is 3. The van der Waals surface area contributed by atoms with Crippen LogP contribution in [0.1, 0.15) is 5.69 Å². The van der Waals surface area contributed by atoms with E-state index < -0.39 is 0 Å². The van der Waals surface area contributed by atoms with Crippen LogP contribution in [0, 0.1) is 0 Å². The van der Waals surface area contributed by atoms with E-state index in [1.165, 1.54) is 0 Å². The molecule has 0 aliphatic rings. The first kappa shape index (κ1) is 11.0. The first-order valence-corrected chi connectivity index (χ1v) is 5.20. The molecule has 1 heterocycles. The van der Waals surface area contributed by atoms with E-state index in [2.05, 4.69) is 9.97 Å². The molecule has 0 unspecified atom stereocenters. The Hall–Kier alpha value is -1.52. The Morgan fingerprint density at radius 1 is 1.50 bits per heavy atom. The van der Waals surface area contributed by atoms with Crippen molar-refractivity contribution >= 4 is 11.6 Å². The number of ether oxygens (including phenoxy) is 1. The first-order valence-electron chi connectivity index (χ1n) is 4.82. The molecule has 0 amide bonds. The monoisotopic (exact) mass is 237 g/mol. The Balaban J connectivity index is 2.48. The minimum Gasteiger partial charge on any atom is -0.497 e. The fourth-order valence-electron chi connectivity index (χ4n) is 1.52. The van der Waals surface area contributed by atoms with Crippen LogP contribution in [-0.4, -0.2) is 17.1 Å². The molecule has 0 radical (unpaired) electrons. The van der Waals surface area contributed by atoms with Crippen LogP contribution in [-0.2, 0) is 6.54 Å². The van der Waals surface area contributed by atoms with E-state index in [0.717, 1.165) is 22.7 Å². The quantitative estimate of drug-likeness (QED) is 0.860. The highest BCUT2D eigenvalue weighted by Crippen LogP contribution is 2.31. The number of halogens is 1.